The first kappa shape index (κ1) is 24.1. The maximum atomic E-state index is 11.4. The molecule has 0 aromatic heterocycles. The zero-order valence-corrected chi connectivity index (χ0v) is 16.7. The number of carbonyl (C=O) groups excluding carboxylic acids is 2. The molecule has 0 bridgehead atoms. The van der Waals surface area contributed by atoms with E-state index in [1.807, 2.05) is 0 Å². The molecule has 2 unspecified atom stereocenters. The fourth-order valence-electron chi connectivity index (χ4n) is 3.10. The molecular formula is C18H31NO10. The van der Waals surface area contributed by atoms with Crippen molar-refractivity contribution in [2.45, 2.75) is 56.5 Å². The summed E-state index contributed by atoms with van der Waals surface area (Å²) in [5, 5.41) is 32.8. The van der Waals surface area contributed by atoms with Gasteiger partial charge < -0.3 is 44.3 Å². The molecule has 1 spiro atoms. The van der Waals surface area contributed by atoms with Crippen LogP contribution in [0.3, 0.4) is 0 Å². The van der Waals surface area contributed by atoms with Crippen LogP contribution in [0, 0.1) is 0 Å². The van der Waals surface area contributed by atoms with Crippen LogP contribution < -0.4 is 5.32 Å². The third-order valence-corrected chi connectivity index (χ3v) is 4.67. The lowest BCUT2D eigenvalue weighted by atomic mass is 9.94. The first-order valence-corrected chi connectivity index (χ1v) is 9.61. The van der Waals surface area contributed by atoms with Crippen molar-refractivity contribution in [1.82, 2.24) is 5.32 Å². The van der Waals surface area contributed by atoms with Crippen molar-refractivity contribution < 1.29 is 48.6 Å². The number of Topliss-reactive ketones (excluding diaryl/α,β-unsaturated/α-hetero) is 1. The van der Waals surface area contributed by atoms with Crippen LogP contribution in [-0.2, 0) is 33.3 Å². The van der Waals surface area contributed by atoms with Gasteiger partial charge in [0, 0.05) is 13.3 Å². The fraction of sp³-hybridized carbons (Fsp3) is 0.889. The fourth-order valence-corrected chi connectivity index (χ4v) is 3.10. The summed E-state index contributed by atoms with van der Waals surface area (Å²) >= 11 is 0. The second kappa shape index (κ2) is 11.3. The van der Waals surface area contributed by atoms with Crippen molar-refractivity contribution in [3.8, 4) is 0 Å². The second-order valence-electron chi connectivity index (χ2n) is 7.17. The lowest BCUT2D eigenvalue weighted by molar-refractivity contribution is -0.283. The van der Waals surface area contributed by atoms with E-state index in [0.717, 1.165) is 0 Å². The van der Waals surface area contributed by atoms with Crippen LogP contribution in [0.5, 0.6) is 0 Å². The lowest BCUT2D eigenvalue weighted by Gasteiger charge is -2.43. The van der Waals surface area contributed by atoms with Gasteiger partial charge in [-0.1, -0.05) is 0 Å². The molecule has 2 rings (SSSR count). The van der Waals surface area contributed by atoms with Gasteiger partial charge in [0.25, 0.3) is 0 Å². The molecule has 11 nitrogen and oxygen atoms in total. The van der Waals surface area contributed by atoms with Gasteiger partial charge in [0.05, 0.1) is 45.7 Å². The van der Waals surface area contributed by atoms with Gasteiger partial charge >= 0.3 is 0 Å². The molecule has 0 aromatic rings. The van der Waals surface area contributed by atoms with E-state index in [1.165, 1.54) is 13.8 Å². The van der Waals surface area contributed by atoms with Gasteiger partial charge in [-0.2, -0.15) is 0 Å². The SMILES string of the molecule is CC(=O)COCCOCCOCCO[C@@H]1OC2(CC2O)[C@H](O)[C@H](O)[C@H]1NC(C)=O. The molecule has 1 aliphatic carbocycles. The Balaban J connectivity index is 1.63. The molecule has 1 saturated heterocycles. The highest BCUT2D eigenvalue weighted by atomic mass is 16.7. The largest absolute Gasteiger partial charge is 0.390 e. The van der Waals surface area contributed by atoms with Gasteiger partial charge in [-0.15, -0.1) is 0 Å². The van der Waals surface area contributed by atoms with Crippen LogP contribution >= 0.6 is 0 Å². The van der Waals surface area contributed by atoms with Gasteiger partial charge in [0.2, 0.25) is 5.91 Å². The first-order valence-electron chi connectivity index (χ1n) is 9.61. The van der Waals surface area contributed by atoms with Gasteiger partial charge in [0.15, 0.2) is 12.1 Å². The molecule has 1 heterocycles. The number of ketones is 1. The average Bonchev–Trinajstić information content (AvgIpc) is 3.30. The molecule has 4 N–H and O–H groups in total. The molecule has 1 saturated carbocycles. The minimum atomic E-state index is -1.34. The number of aliphatic hydroxyl groups is 3. The highest BCUT2D eigenvalue weighted by Crippen LogP contribution is 2.48. The number of amides is 1. The zero-order valence-electron chi connectivity index (χ0n) is 16.7. The van der Waals surface area contributed by atoms with Gasteiger partial charge in [-0.25, -0.2) is 0 Å². The maximum Gasteiger partial charge on any atom is 0.217 e. The first-order chi connectivity index (χ1) is 13.8. The third-order valence-electron chi connectivity index (χ3n) is 4.67. The van der Waals surface area contributed by atoms with E-state index >= 15 is 0 Å². The van der Waals surface area contributed by atoms with Crippen LogP contribution in [0.25, 0.3) is 0 Å². The Hall–Kier alpha value is -1.18. The average molecular weight is 421 g/mol. The molecule has 11 heteroatoms. The number of nitrogens with one attached hydrogen (secondary N) is 1. The van der Waals surface area contributed by atoms with Gasteiger partial charge in [-0.05, 0) is 6.92 Å². The molecule has 2 aliphatic rings. The molecular weight excluding hydrogens is 390 g/mol. The predicted molar refractivity (Wildman–Crippen MR) is 96.9 cm³/mol. The van der Waals surface area contributed by atoms with Crippen molar-refractivity contribution in [3.05, 3.63) is 0 Å². The number of rotatable bonds is 13. The van der Waals surface area contributed by atoms with Crippen molar-refractivity contribution in [2.24, 2.45) is 0 Å². The maximum absolute atomic E-state index is 11.4. The summed E-state index contributed by atoms with van der Waals surface area (Å²) in [5.74, 6) is -0.452. The minimum absolute atomic E-state index is 0.0415. The highest BCUT2D eigenvalue weighted by molar-refractivity contribution is 5.76. The molecule has 0 radical (unpaired) electrons. The summed E-state index contributed by atoms with van der Waals surface area (Å²) in [6.07, 6.45) is -4.42. The molecule has 29 heavy (non-hydrogen) atoms. The van der Waals surface area contributed by atoms with Crippen molar-refractivity contribution in [1.29, 1.82) is 0 Å². The number of aliphatic hydroxyl groups excluding tert-OH is 3. The van der Waals surface area contributed by atoms with Crippen LogP contribution in [0.2, 0.25) is 0 Å². The molecule has 6 atom stereocenters. The Kier molecular flexibility index (Phi) is 9.37. The van der Waals surface area contributed by atoms with Crippen LogP contribution in [0.15, 0.2) is 0 Å². The Labute approximate surface area is 169 Å². The van der Waals surface area contributed by atoms with E-state index in [2.05, 4.69) is 5.32 Å². The smallest absolute Gasteiger partial charge is 0.217 e. The number of carbonyl (C=O) groups is 2. The summed E-state index contributed by atoms with van der Waals surface area (Å²) in [6.45, 7) is 4.47. The molecule has 2 fully saturated rings. The summed E-state index contributed by atoms with van der Waals surface area (Å²) in [7, 11) is 0. The highest BCUT2D eigenvalue weighted by Gasteiger charge is 2.67. The van der Waals surface area contributed by atoms with E-state index in [0.29, 0.717) is 26.4 Å². The van der Waals surface area contributed by atoms with Crippen LogP contribution in [-0.4, -0.2) is 110 Å². The normalized spacial score (nSPS) is 33.6. The topological polar surface area (TPSA) is 153 Å². The third kappa shape index (κ3) is 6.93. The monoisotopic (exact) mass is 421 g/mol. The Bertz CT molecular complexity index is 547. The Morgan fingerprint density at radius 3 is 2.07 bits per heavy atom. The Morgan fingerprint density at radius 1 is 1.00 bits per heavy atom. The van der Waals surface area contributed by atoms with Crippen molar-refractivity contribution >= 4 is 11.7 Å². The number of hydrogen-bond acceptors (Lipinski definition) is 10. The summed E-state index contributed by atoms with van der Waals surface area (Å²) in [4.78, 5) is 22.1. The van der Waals surface area contributed by atoms with Gasteiger partial charge in [0.1, 0.15) is 30.5 Å². The van der Waals surface area contributed by atoms with Crippen molar-refractivity contribution in [2.75, 3.05) is 46.2 Å². The Morgan fingerprint density at radius 2 is 1.55 bits per heavy atom. The molecule has 1 aliphatic heterocycles. The summed E-state index contributed by atoms with van der Waals surface area (Å²) < 4.78 is 27.0. The van der Waals surface area contributed by atoms with E-state index in [4.69, 9.17) is 23.7 Å². The molecule has 1 amide bonds. The van der Waals surface area contributed by atoms with E-state index < -0.39 is 42.2 Å². The molecule has 0 aromatic carbocycles. The van der Waals surface area contributed by atoms with Gasteiger partial charge in [-0.3, -0.25) is 9.59 Å². The summed E-state index contributed by atoms with van der Waals surface area (Å²) in [6, 6.07) is -0.973. The number of hydrogen-bond donors (Lipinski definition) is 4. The summed E-state index contributed by atoms with van der Waals surface area (Å²) in [5.41, 5.74) is -1.27. The van der Waals surface area contributed by atoms with Crippen molar-refractivity contribution in [3.63, 3.8) is 0 Å². The van der Waals surface area contributed by atoms with E-state index in [-0.39, 0.29) is 32.0 Å². The molecule has 168 valence electrons. The minimum Gasteiger partial charge on any atom is -0.390 e. The second-order valence-corrected chi connectivity index (χ2v) is 7.17. The van der Waals surface area contributed by atoms with E-state index in [1.54, 1.807) is 0 Å². The zero-order chi connectivity index (χ0) is 21.4. The predicted octanol–water partition coefficient (Wildman–Crippen LogP) is -2.27. The quantitative estimate of drug-likeness (QED) is 0.239. The standard InChI is InChI=1S/C18H31NO10/c1-11(20)10-27-6-5-25-3-4-26-7-8-28-17-14(19-12(2)21)15(23)16(24)18(29-17)9-13(18)22/h13-17,22-24H,3-10H2,1-2H3,(H,19,21)/t13?,14-,15-,16-,17-,18?/m1/s1. The van der Waals surface area contributed by atoms with Crippen LogP contribution in [0.1, 0.15) is 20.3 Å². The van der Waals surface area contributed by atoms with Crippen LogP contribution in [0.4, 0.5) is 0 Å². The number of ether oxygens (including phenoxy) is 5. The lowest BCUT2D eigenvalue weighted by Crippen LogP contribution is -2.65. The van der Waals surface area contributed by atoms with E-state index in [9.17, 15) is 24.9 Å².